The van der Waals surface area contributed by atoms with Gasteiger partial charge in [0.25, 0.3) is 10.0 Å². The van der Waals surface area contributed by atoms with Crippen LogP contribution < -0.4 is 4.31 Å². The standard InChI is InChI=1S/C13H12FNO4S2/c1-15(11-7-3-2-4-8-11)21(18,19)13-10-6-5-9-12(13)20(14,16)17/h2-10H,1H3. The van der Waals surface area contributed by atoms with Crippen LogP contribution in [0.3, 0.4) is 0 Å². The molecule has 0 heterocycles. The summed E-state index contributed by atoms with van der Waals surface area (Å²) in [6.45, 7) is 0. The van der Waals surface area contributed by atoms with Gasteiger partial charge in [0.15, 0.2) is 0 Å². The highest BCUT2D eigenvalue weighted by Crippen LogP contribution is 2.27. The Hall–Kier alpha value is -1.93. The van der Waals surface area contributed by atoms with Crippen LogP contribution in [0.1, 0.15) is 0 Å². The average molecular weight is 329 g/mol. The molecule has 0 atom stereocenters. The van der Waals surface area contributed by atoms with Gasteiger partial charge >= 0.3 is 10.2 Å². The fraction of sp³-hybridized carbons (Fsp3) is 0.0769. The Bertz CT molecular complexity index is 849. The number of anilines is 1. The third-order valence-corrected chi connectivity index (χ3v) is 5.72. The zero-order chi connectivity index (χ0) is 15.7. The Morgan fingerprint density at radius 3 is 1.81 bits per heavy atom. The summed E-state index contributed by atoms with van der Waals surface area (Å²) in [5, 5.41) is 0. The molecule has 2 aromatic rings. The quantitative estimate of drug-likeness (QED) is 0.806. The van der Waals surface area contributed by atoms with Gasteiger partial charge in [-0.05, 0) is 24.3 Å². The van der Waals surface area contributed by atoms with E-state index in [4.69, 9.17) is 0 Å². The molecular weight excluding hydrogens is 317 g/mol. The second-order valence-corrected chi connectivity index (χ2v) is 7.45. The van der Waals surface area contributed by atoms with Gasteiger partial charge in [-0.3, -0.25) is 4.31 Å². The van der Waals surface area contributed by atoms with Crippen molar-refractivity contribution in [3.8, 4) is 0 Å². The minimum Gasteiger partial charge on any atom is -0.269 e. The maximum absolute atomic E-state index is 13.3. The lowest BCUT2D eigenvalue weighted by molar-refractivity contribution is 0.546. The molecule has 0 aliphatic rings. The number of para-hydroxylation sites is 1. The number of hydrogen-bond acceptors (Lipinski definition) is 4. The van der Waals surface area contributed by atoms with Crippen molar-refractivity contribution in [2.24, 2.45) is 0 Å². The first-order chi connectivity index (χ1) is 9.74. The molecule has 0 fully saturated rings. The first-order valence-corrected chi connectivity index (χ1v) is 8.64. The lowest BCUT2D eigenvalue weighted by Crippen LogP contribution is -2.27. The normalized spacial score (nSPS) is 12.1. The monoisotopic (exact) mass is 329 g/mol. The lowest BCUT2D eigenvalue weighted by Gasteiger charge is -2.20. The summed E-state index contributed by atoms with van der Waals surface area (Å²) >= 11 is 0. The van der Waals surface area contributed by atoms with Crippen molar-refractivity contribution in [3.63, 3.8) is 0 Å². The lowest BCUT2D eigenvalue weighted by atomic mass is 10.3. The number of benzene rings is 2. The van der Waals surface area contributed by atoms with Gasteiger partial charge in [0.05, 0.1) is 5.69 Å². The van der Waals surface area contributed by atoms with Gasteiger partial charge in [-0.2, -0.15) is 8.42 Å². The maximum Gasteiger partial charge on any atom is 0.333 e. The van der Waals surface area contributed by atoms with Gasteiger partial charge in [-0.25, -0.2) is 8.42 Å². The van der Waals surface area contributed by atoms with Crippen molar-refractivity contribution in [1.29, 1.82) is 0 Å². The van der Waals surface area contributed by atoms with Crippen molar-refractivity contribution >= 4 is 25.9 Å². The van der Waals surface area contributed by atoms with Crippen LogP contribution >= 0.6 is 0 Å². The predicted octanol–water partition coefficient (Wildman–Crippen LogP) is 2.17. The summed E-state index contributed by atoms with van der Waals surface area (Å²) in [5.74, 6) is 0. The Balaban J connectivity index is 2.61. The van der Waals surface area contributed by atoms with Crippen molar-refractivity contribution < 1.29 is 20.7 Å². The molecule has 0 aliphatic carbocycles. The highest BCUT2D eigenvalue weighted by molar-refractivity contribution is 7.94. The molecule has 0 saturated carbocycles. The molecule has 0 amide bonds. The van der Waals surface area contributed by atoms with E-state index < -0.39 is 30.0 Å². The first-order valence-electron chi connectivity index (χ1n) is 5.82. The van der Waals surface area contributed by atoms with Gasteiger partial charge in [-0.1, -0.05) is 30.3 Å². The van der Waals surface area contributed by atoms with Crippen molar-refractivity contribution in [1.82, 2.24) is 0 Å². The van der Waals surface area contributed by atoms with E-state index in [0.717, 1.165) is 16.4 Å². The Labute approximate surface area is 122 Å². The van der Waals surface area contributed by atoms with Crippen molar-refractivity contribution in [3.05, 3.63) is 54.6 Å². The van der Waals surface area contributed by atoms with Crippen LogP contribution in [0.2, 0.25) is 0 Å². The highest BCUT2D eigenvalue weighted by Gasteiger charge is 2.29. The van der Waals surface area contributed by atoms with Crippen LogP contribution in [0.25, 0.3) is 0 Å². The fourth-order valence-electron chi connectivity index (χ4n) is 1.79. The Kier molecular flexibility index (Phi) is 4.02. The molecular formula is C13H12FNO4S2. The zero-order valence-corrected chi connectivity index (χ0v) is 12.6. The van der Waals surface area contributed by atoms with E-state index in [1.807, 2.05) is 0 Å². The van der Waals surface area contributed by atoms with Crippen LogP contribution in [0.5, 0.6) is 0 Å². The smallest absolute Gasteiger partial charge is 0.269 e. The van der Waals surface area contributed by atoms with E-state index >= 15 is 0 Å². The fourth-order valence-corrected chi connectivity index (χ4v) is 4.22. The molecule has 0 radical (unpaired) electrons. The summed E-state index contributed by atoms with van der Waals surface area (Å²) in [7, 11) is -8.06. The van der Waals surface area contributed by atoms with Crippen LogP contribution in [-0.4, -0.2) is 23.9 Å². The summed E-state index contributed by atoms with van der Waals surface area (Å²) in [5.41, 5.74) is 0.337. The van der Waals surface area contributed by atoms with E-state index in [-0.39, 0.29) is 0 Å². The largest absolute Gasteiger partial charge is 0.333 e. The molecule has 2 rings (SSSR count). The molecule has 0 saturated heterocycles. The average Bonchev–Trinajstić information content (AvgIpc) is 2.46. The highest BCUT2D eigenvalue weighted by atomic mass is 32.3. The predicted molar refractivity (Wildman–Crippen MR) is 76.8 cm³/mol. The van der Waals surface area contributed by atoms with Crippen LogP contribution in [0, 0.1) is 0 Å². The van der Waals surface area contributed by atoms with Crippen molar-refractivity contribution in [2.75, 3.05) is 11.4 Å². The molecule has 0 N–H and O–H groups in total. The number of rotatable bonds is 4. The molecule has 2 aromatic carbocycles. The van der Waals surface area contributed by atoms with Crippen LogP contribution in [0.15, 0.2) is 64.4 Å². The van der Waals surface area contributed by atoms with Gasteiger partial charge < -0.3 is 0 Å². The minimum absolute atomic E-state index is 0.337. The third kappa shape index (κ3) is 3.06. The van der Waals surface area contributed by atoms with Gasteiger partial charge in [0.1, 0.15) is 9.79 Å². The molecule has 0 aliphatic heterocycles. The number of hydrogen-bond donors (Lipinski definition) is 0. The first kappa shape index (κ1) is 15.5. The number of sulfonamides is 1. The molecule has 0 spiro atoms. The van der Waals surface area contributed by atoms with E-state index in [1.54, 1.807) is 30.3 Å². The second kappa shape index (κ2) is 5.45. The Morgan fingerprint density at radius 1 is 0.810 bits per heavy atom. The molecule has 8 heteroatoms. The topological polar surface area (TPSA) is 71.5 Å². The SMILES string of the molecule is CN(c1ccccc1)S(=O)(=O)c1ccccc1S(=O)(=O)F. The van der Waals surface area contributed by atoms with Crippen LogP contribution in [-0.2, 0) is 20.2 Å². The summed E-state index contributed by atoms with van der Waals surface area (Å²) in [4.78, 5) is -1.47. The van der Waals surface area contributed by atoms with Gasteiger partial charge in [0, 0.05) is 7.05 Å². The number of halogens is 1. The van der Waals surface area contributed by atoms with E-state index in [9.17, 15) is 20.7 Å². The second-order valence-electron chi connectivity index (χ2n) is 4.19. The summed E-state index contributed by atoms with van der Waals surface area (Å²) < 4.78 is 61.4. The molecule has 0 unspecified atom stereocenters. The summed E-state index contributed by atoms with van der Waals surface area (Å²) in [6.07, 6.45) is 0. The van der Waals surface area contributed by atoms with E-state index in [1.165, 1.54) is 19.2 Å². The van der Waals surface area contributed by atoms with E-state index in [2.05, 4.69) is 0 Å². The number of nitrogens with zero attached hydrogens (tertiary/aromatic N) is 1. The molecule has 21 heavy (non-hydrogen) atoms. The zero-order valence-electron chi connectivity index (χ0n) is 11.0. The third-order valence-electron chi connectivity index (χ3n) is 2.87. The summed E-state index contributed by atoms with van der Waals surface area (Å²) in [6, 6.07) is 12.6. The van der Waals surface area contributed by atoms with E-state index in [0.29, 0.717) is 5.69 Å². The van der Waals surface area contributed by atoms with Crippen molar-refractivity contribution in [2.45, 2.75) is 9.79 Å². The molecule has 5 nitrogen and oxygen atoms in total. The minimum atomic E-state index is -5.14. The van der Waals surface area contributed by atoms with Gasteiger partial charge in [0.2, 0.25) is 0 Å². The molecule has 112 valence electrons. The van der Waals surface area contributed by atoms with Crippen LogP contribution in [0.4, 0.5) is 9.57 Å². The molecule has 0 aromatic heterocycles. The Morgan fingerprint density at radius 2 is 1.29 bits per heavy atom. The maximum atomic E-state index is 13.3. The van der Waals surface area contributed by atoms with Gasteiger partial charge in [-0.15, -0.1) is 3.89 Å². The molecule has 0 bridgehead atoms.